The summed E-state index contributed by atoms with van der Waals surface area (Å²) in [5, 5.41) is 11.6. The molecule has 2 N–H and O–H groups in total. The third kappa shape index (κ3) is 1.23. The van der Waals surface area contributed by atoms with Gasteiger partial charge in [-0.2, -0.15) is 0 Å². The molecular formula is C7H13NO3. The van der Waals surface area contributed by atoms with Gasteiger partial charge in [0.1, 0.15) is 5.54 Å². The second kappa shape index (κ2) is 2.79. The van der Waals surface area contributed by atoms with Crippen molar-refractivity contribution in [2.75, 3.05) is 14.2 Å². The zero-order valence-corrected chi connectivity index (χ0v) is 6.76. The molecule has 0 radical (unpaired) electrons. The largest absolute Gasteiger partial charge is 0.480 e. The average Bonchev–Trinajstić information content (AvgIpc) is 1.86. The van der Waals surface area contributed by atoms with E-state index in [0.717, 1.165) is 0 Å². The van der Waals surface area contributed by atoms with Crippen molar-refractivity contribution in [1.29, 1.82) is 0 Å². The van der Waals surface area contributed by atoms with E-state index < -0.39 is 11.5 Å². The molecule has 0 aliphatic heterocycles. The summed E-state index contributed by atoms with van der Waals surface area (Å²) in [4.78, 5) is 10.7. The van der Waals surface area contributed by atoms with E-state index in [-0.39, 0.29) is 6.10 Å². The standard InChI is InChI=1S/C7H13NO3/c1-8-7(6(9)10)3-5(4-7)11-2/h5,8H,3-4H2,1-2H3,(H,9,10). The number of carboxylic acids is 1. The van der Waals surface area contributed by atoms with Crippen LogP contribution in [0.15, 0.2) is 0 Å². The van der Waals surface area contributed by atoms with Crippen molar-refractivity contribution in [3.8, 4) is 0 Å². The highest BCUT2D eigenvalue weighted by atomic mass is 16.5. The molecule has 1 aliphatic rings. The second-order valence-corrected chi connectivity index (χ2v) is 2.90. The van der Waals surface area contributed by atoms with Gasteiger partial charge in [0.25, 0.3) is 0 Å². The fourth-order valence-corrected chi connectivity index (χ4v) is 1.37. The van der Waals surface area contributed by atoms with Gasteiger partial charge in [0, 0.05) is 20.0 Å². The number of carboxylic acid groups (broad SMARTS) is 1. The summed E-state index contributed by atoms with van der Waals surface area (Å²) < 4.78 is 4.99. The van der Waals surface area contributed by atoms with Crippen LogP contribution < -0.4 is 5.32 Å². The molecule has 0 amide bonds. The maximum absolute atomic E-state index is 10.7. The smallest absolute Gasteiger partial charge is 0.324 e. The van der Waals surface area contributed by atoms with Crippen molar-refractivity contribution in [2.45, 2.75) is 24.5 Å². The van der Waals surface area contributed by atoms with E-state index in [1.807, 2.05) is 0 Å². The highest BCUT2D eigenvalue weighted by Crippen LogP contribution is 2.33. The van der Waals surface area contributed by atoms with Crippen molar-refractivity contribution < 1.29 is 14.6 Å². The topological polar surface area (TPSA) is 58.6 Å². The first kappa shape index (κ1) is 8.49. The zero-order chi connectivity index (χ0) is 8.48. The third-order valence-corrected chi connectivity index (χ3v) is 2.37. The van der Waals surface area contributed by atoms with Crippen molar-refractivity contribution >= 4 is 5.97 Å². The van der Waals surface area contributed by atoms with Crippen LogP contribution in [0, 0.1) is 0 Å². The molecule has 0 heterocycles. The highest BCUT2D eigenvalue weighted by Gasteiger charge is 2.49. The minimum Gasteiger partial charge on any atom is -0.480 e. The van der Waals surface area contributed by atoms with Crippen LogP contribution >= 0.6 is 0 Å². The van der Waals surface area contributed by atoms with Gasteiger partial charge in [-0.15, -0.1) is 0 Å². The molecule has 0 aromatic rings. The minimum absolute atomic E-state index is 0.110. The quantitative estimate of drug-likeness (QED) is 0.600. The van der Waals surface area contributed by atoms with E-state index in [1.54, 1.807) is 14.2 Å². The molecule has 0 bridgehead atoms. The summed E-state index contributed by atoms with van der Waals surface area (Å²) >= 11 is 0. The van der Waals surface area contributed by atoms with Crippen LogP contribution in [0.1, 0.15) is 12.8 Å². The molecule has 1 saturated carbocycles. The van der Waals surface area contributed by atoms with Crippen molar-refractivity contribution in [1.82, 2.24) is 5.32 Å². The van der Waals surface area contributed by atoms with Gasteiger partial charge in [-0.1, -0.05) is 0 Å². The van der Waals surface area contributed by atoms with Crippen molar-refractivity contribution in [3.05, 3.63) is 0 Å². The molecule has 0 spiro atoms. The summed E-state index contributed by atoms with van der Waals surface area (Å²) in [5.74, 6) is -0.784. The first-order valence-corrected chi connectivity index (χ1v) is 3.60. The predicted molar refractivity (Wildman–Crippen MR) is 39.5 cm³/mol. The van der Waals surface area contributed by atoms with Crippen LogP contribution in [-0.2, 0) is 9.53 Å². The van der Waals surface area contributed by atoms with Crippen molar-refractivity contribution in [2.24, 2.45) is 0 Å². The van der Waals surface area contributed by atoms with Gasteiger partial charge in [-0.25, -0.2) is 0 Å². The Hall–Kier alpha value is -0.610. The fourth-order valence-electron chi connectivity index (χ4n) is 1.37. The Morgan fingerprint density at radius 3 is 2.55 bits per heavy atom. The van der Waals surface area contributed by atoms with E-state index in [2.05, 4.69) is 5.32 Å². The molecule has 0 saturated heterocycles. The van der Waals surface area contributed by atoms with Gasteiger partial charge in [-0.05, 0) is 7.05 Å². The number of likely N-dealkylation sites (N-methyl/N-ethyl adjacent to an activating group) is 1. The number of rotatable bonds is 3. The molecule has 0 unspecified atom stereocenters. The highest BCUT2D eigenvalue weighted by molar-refractivity contribution is 5.80. The van der Waals surface area contributed by atoms with Crippen LogP contribution in [-0.4, -0.2) is 36.9 Å². The first-order chi connectivity index (χ1) is 5.14. The fraction of sp³-hybridized carbons (Fsp3) is 0.857. The van der Waals surface area contributed by atoms with E-state index in [9.17, 15) is 4.79 Å². The molecule has 0 aromatic heterocycles. The summed E-state index contributed by atoms with van der Waals surface area (Å²) in [5.41, 5.74) is -0.722. The van der Waals surface area contributed by atoms with Gasteiger partial charge in [-0.3, -0.25) is 4.79 Å². The lowest BCUT2D eigenvalue weighted by molar-refractivity contribution is -0.155. The van der Waals surface area contributed by atoms with Crippen LogP contribution in [0.5, 0.6) is 0 Å². The third-order valence-electron chi connectivity index (χ3n) is 2.37. The molecule has 1 rings (SSSR count). The molecular weight excluding hydrogens is 146 g/mol. The van der Waals surface area contributed by atoms with Gasteiger partial charge < -0.3 is 15.2 Å². The Kier molecular flexibility index (Phi) is 2.15. The Morgan fingerprint density at radius 2 is 2.27 bits per heavy atom. The molecule has 0 aromatic carbocycles. The number of methoxy groups -OCH3 is 1. The van der Waals surface area contributed by atoms with E-state index in [0.29, 0.717) is 12.8 Å². The van der Waals surface area contributed by atoms with Gasteiger partial charge >= 0.3 is 5.97 Å². The summed E-state index contributed by atoms with van der Waals surface area (Å²) in [7, 11) is 3.27. The number of aliphatic carboxylic acids is 1. The predicted octanol–water partition coefficient (Wildman–Crippen LogP) is -0.162. The van der Waals surface area contributed by atoms with E-state index >= 15 is 0 Å². The van der Waals surface area contributed by atoms with Gasteiger partial charge in [0.2, 0.25) is 0 Å². The zero-order valence-electron chi connectivity index (χ0n) is 6.76. The van der Waals surface area contributed by atoms with Crippen LogP contribution in [0.2, 0.25) is 0 Å². The number of hydrogen-bond donors (Lipinski definition) is 2. The molecule has 4 heteroatoms. The van der Waals surface area contributed by atoms with Crippen LogP contribution in [0.3, 0.4) is 0 Å². The molecule has 4 nitrogen and oxygen atoms in total. The van der Waals surface area contributed by atoms with Crippen LogP contribution in [0.25, 0.3) is 0 Å². The molecule has 11 heavy (non-hydrogen) atoms. The van der Waals surface area contributed by atoms with Gasteiger partial charge in [0.15, 0.2) is 0 Å². The average molecular weight is 159 g/mol. The molecule has 1 aliphatic carbocycles. The minimum atomic E-state index is -0.784. The Morgan fingerprint density at radius 1 is 1.73 bits per heavy atom. The SMILES string of the molecule is CNC1(C(=O)O)CC(OC)C1. The monoisotopic (exact) mass is 159 g/mol. The normalized spacial score (nSPS) is 36.4. The number of hydrogen-bond acceptors (Lipinski definition) is 3. The molecule has 0 atom stereocenters. The molecule has 64 valence electrons. The van der Waals surface area contributed by atoms with E-state index in [4.69, 9.17) is 9.84 Å². The Labute approximate surface area is 65.5 Å². The number of carbonyl (C=O) groups is 1. The second-order valence-electron chi connectivity index (χ2n) is 2.90. The lowest BCUT2D eigenvalue weighted by Gasteiger charge is -2.43. The Balaban J connectivity index is 2.50. The number of nitrogens with one attached hydrogen (secondary N) is 1. The summed E-state index contributed by atoms with van der Waals surface area (Å²) in [6.07, 6.45) is 1.24. The van der Waals surface area contributed by atoms with Gasteiger partial charge in [0.05, 0.1) is 6.10 Å². The first-order valence-electron chi connectivity index (χ1n) is 3.60. The summed E-state index contributed by atoms with van der Waals surface area (Å²) in [6.45, 7) is 0. The molecule has 1 fully saturated rings. The Bertz CT molecular complexity index is 163. The number of ether oxygens (including phenoxy) is 1. The van der Waals surface area contributed by atoms with E-state index in [1.165, 1.54) is 0 Å². The lowest BCUT2D eigenvalue weighted by atomic mass is 9.74. The summed E-state index contributed by atoms with van der Waals surface area (Å²) in [6, 6.07) is 0. The maximum atomic E-state index is 10.7. The van der Waals surface area contributed by atoms with Crippen LogP contribution in [0.4, 0.5) is 0 Å². The van der Waals surface area contributed by atoms with Crippen molar-refractivity contribution in [3.63, 3.8) is 0 Å². The maximum Gasteiger partial charge on any atom is 0.324 e. The lowest BCUT2D eigenvalue weighted by Crippen LogP contribution is -2.62.